The van der Waals surface area contributed by atoms with E-state index >= 15 is 0 Å². The van der Waals surface area contributed by atoms with Crippen LogP contribution in [0.1, 0.15) is 33.6 Å². The van der Waals surface area contributed by atoms with Gasteiger partial charge in [-0.3, -0.25) is 9.69 Å². The average Bonchev–Trinajstić information content (AvgIpc) is 3.35. The van der Waals surface area contributed by atoms with Crippen molar-refractivity contribution in [2.75, 3.05) is 25.1 Å². The van der Waals surface area contributed by atoms with Crippen LogP contribution in [0.3, 0.4) is 0 Å². The van der Waals surface area contributed by atoms with Crippen molar-refractivity contribution in [3.8, 4) is 5.75 Å². The fourth-order valence-electron chi connectivity index (χ4n) is 4.28. The quantitative estimate of drug-likeness (QED) is 0.434. The molecule has 1 fully saturated rings. The summed E-state index contributed by atoms with van der Waals surface area (Å²) in [4.78, 5) is 17.9. The molecular weight excluding hydrogens is 449 g/mol. The number of piperidine rings is 1. The van der Waals surface area contributed by atoms with Gasteiger partial charge in [0, 0.05) is 37.4 Å². The highest BCUT2D eigenvalue weighted by Crippen LogP contribution is 2.34. The number of nitrogens with zero attached hydrogens (tertiary/aromatic N) is 2. The maximum absolute atomic E-state index is 13.4. The number of halogens is 3. The summed E-state index contributed by atoms with van der Waals surface area (Å²) >= 11 is 1.39. The molecule has 8 heteroatoms. The Morgan fingerprint density at radius 1 is 1.09 bits per heavy atom. The largest absolute Gasteiger partial charge is 0.497 e. The third kappa shape index (κ3) is 5.39. The van der Waals surface area contributed by atoms with Crippen LogP contribution in [0.4, 0.5) is 18.9 Å². The monoisotopic (exact) mass is 474 g/mol. The number of methoxy groups -OCH3 is 1. The minimum absolute atomic E-state index is 0.0548. The highest BCUT2D eigenvalue weighted by molar-refractivity contribution is 7.12. The zero-order valence-corrected chi connectivity index (χ0v) is 19.0. The molecule has 1 saturated heterocycles. The van der Waals surface area contributed by atoms with E-state index in [-0.39, 0.29) is 24.1 Å². The molecule has 1 aliphatic heterocycles. The number of hydrogen-bond acceptors (Lipinski definition) is 4. The molecule has 0 radical (unpaired) electrons. The Bertz CT molecular complexity index is 1080. The molecule has 0 saturated carbocycles. The topological polar surface area (TPSA) is 32.8 Å². The first-order chi connectivity index (χ1) is 15.9. The van der Waals surface area contributed by atoms with Gasteiger partial charge in [0.2, 0.25) is 0 Å². The first kappa shape index (κ1) is 23.3. The van der Waals surface area contributed by atoms with Crippen LogP contribution < -0.4 is 9.64 Å². The van der Waals surface area contributed by atoms with E-state index < -0.39 is 11.7 Å². The maximum atomic E-state index is 13.4. The Morgan fingerprint density at radius 2 is 1.85 bits per heavy atom. The molecule has 3 aromatic rings. The number of anilines is 1. The molecule has 174 valence electrons. The summed E-state index contributed by atoms with van der Waals surface area (Å²) in [5.41, 5.74) is 0.453. The van der Waals surface area contributed by atoms with E-state index in [1.807, 2.05) is 51.6 Å². The molecule has 0 N–H and O–H groups in total. The lowest BCUT2D eigenvalue weighted by molar-refractivity contribution is -0.138. The Balaban J connectivity index is 1.51. The summed E-state index contributed by atoms with van der Waals surface area (Å²) in [6.07, 6.45) is -3.03. The third-order valence-corrected chi connectivity index (χ3v) is 6.78. The van der Waals surface area contributed by atoms with Crippen molar-refractivity contribution in [1.82, 2.24) is 4.90 Å². The number of alkyl halides is 3. The molecule has 0 aliphatic carbocycles. The molecule has 2 heterocycles. The van der Waals surface area contributed by atoms with Crippen LogP contribution in [-0.2, 0) is 12.7 Å². The lowest BCUT2D eigenvalue weighted by Gasteiger charge is -2.38. The van der Waals surface area contributed by atoms with Crippen molar-refractivity contribution in [2.45, 2.75) is 31.6 Å². The Morgan fingerprint density at radius 3 is 2.52 bits per heavy atom. The molecule has 4 nitrogen and oxygen atoms in total. The number of carbonyl (C=O) groups is 1. The predicted molar refractivity (Wildman–Crippen MR) is 124 cm³/mol. The van der Waals surface area contributed by atoms with Gasteiger partial charge in [0.25, 0.3) is 5.91 Å². The van der Waals surface area contributed by atoms with Gasteiger partial charge in [-0.2, -0.15) is 13.2 Å². The van der Waals surface area contributed by atoms with Gasteiger partial charge >= 0.3 is 6.18 Å². The van der Waals surface area contributed by atoms with E-state index in [4.69, 9.17) is 4.74 Å². The summed E-state index contributed by atoms with van der Waals surface area (Å²) in [7, 11) is 1.59. The maximum Gasteiger partial charge on any atom is 0.416 e. The minimum Gasteiger partial charge on any atom is -0.497 e. The van der Waals surface area contributed by atoms with Crippen molar-refractivity contribution in [3.05, 3.63) is 82.0 Å². The lowest BCUT2D eigenvalue weighted by atomic mass is 10.00. The minimum atomic E-state index is -4.37. The van der Waals surface area contributed by atoms with E-state index in [1.165, 1.54) is 23.5 Å². The fraction of sp³-hybridized carbons (Fsp3) is 0.320. The molecule has 0 unspecified atom stereocenters. The number of amides is 1. The van der Waals surface area contributed by atoms with Gasteiger partial charge in [-0.25, -0.2) is 0 Å². The van der Waals surface area contributed by atoms with Crippen LogP contribution in [0.2, 0.25) is 0 Å². The molecule has 33 heavy (non-hydrogen) atoms. The van der Waals surface area contributed by atoms with Gasteiger partial charge in [-0.1, -0.05) is 30.3 Å². The summed E-state index contributed by atoms with van der Waals surface area (Å²) in [6, 6.07) is 16.8. The highest BCUT2D eigenvalue weighted by atomic mass is 32.1. The zero-order valence-electron chi connectivity index (χ0n) is 18.2. The van der Waals surface area contributed by atoms with Crippen molar-refractivity contribution in [2.24, 2.45) is 0 Å². The number of likely N-dealkylation sites (tertiary alicyclic amines) is 1. The molecule has 0 bridgehead atoms. The van der Waals surface area contributed by atoms with E-state index in [0.717, 1.165) is 11.8 Å². The van der Waals surface area contributed by atoms with Gasteiger partial charge in [0.15, 0.2) is 0 Å². The molecule has 1 aliphatic rings. The number of benzene rings is 2. The molecule has 2 aromatic carbocycles. The highest BCUT2D eigenvalue weighted by Gasteiger charge is 2.34. The SMILES string of the molecule is COc1cccc(N(C(=O)c2cccs2)C2CCN(Cc3ccccc3C(F)(F)F)CC2)c1. The predicted octanol–water partition coefficient (Wildman–Crippen LogP) is 6.09. The summed E-state index contributed by atoms with van der Waals surface area (Å²) in [5.74, 6) is 0.594. The van der Waals surface area contributed by atoms with E-state index in [1.54, 1.807) is 13.2 Å². The number of thiophene rings is 1. The second kappa shape index (κ2) is 9.97. The van der Waals surface area contributed by atoms with E-state index in [0.29, 0.717) is 36.6 Å². The van der Waals surface area contributed by atoms with Gasteiger partial charge in [0.05, 0.1) is 17.6 Å². The zero-order chi connectivity index (χ0) is 23.4. The smallest absolute Gasteiger partial charge is 0.416 e. The van der Waals surface area contributed by atoms with Crippen molar-refractivity contribution in [1.29, 1.82) is 0 Å². The van der Waals surface area contributed by atoms with Crippen LogP contribution in [0.5, 0.6) is 5.75 Å². The molecule has 0 spiro atoms. The third-order valence-electron chi connectivity index (χ3n) is 5.92. The molecule has 4 rings (SSSR count). The summed E-state index contributed by atoms with van der Waals surface area (Å²) < 4.78 is 45.5. The molecule has 0 atom stereocenters. The molecule has 1 aromatic heterocycles. The number of rotatable bonds is 6. The number of hydrogen-bond donors (Lipinski definition) is 0. The summed E-state index contributed by atoms with van der Waals surface area (Å²) in [6.45, 7) is 1.45. The van der Waals surface area contributed by atoms with Gasteiger partial charge < -0.3 is 9.64 Å². The second-order valence-corrected chi connectivity index (χ2v) is 8.96. The second-order valence-electron chi connectivity index (χ2n) is 8.02. The Labute approximate surface area is 195 Å². The lowest BCUT2D eigenvalue weighted by Crippen LogP contribution is -2.47. The standard InChI is InChI=1S/C25H25F3N2O2S/c1-32-21-8-4-7-20(16-21)30(24(31)23-10-5-15-33-23)19-11-13-29(14-12-19)17-18-6-2-3-9-22(18)25(26,27)28/h2-10,15-16,19H,11-14,17H2,1H3. The van der Waals surface area contributed by atoms with Crippen LogP contribution in [-0.4, -0.2) is 37.0 Å². The van der Waals surface area contributed by atoms with Gasteiger partial charge in [-0.15, -0.1) is 11.3 Å². The molecule has 1 amide bonds. The fourth-order valence-corrected chi connectivity index (χ4v) is 4.94. The summed E-state index contributed by atoms with van der Waals surface area (Å²) in [5, 5.41) is 1.87. The van der Waals surface area contributed by atoms with Gasteiger partial charge in [-0.05, 0) is 48.1 Å². The number of carbonyl (C=O) groups excluding carboxylic acids is 1. The van der Waals surface area contributed by atoms with Crippen molar-refractivity contribution < 1.29 is 22.7 Å². The van der Waals surface area contributed by atoms with Crippen LogP contribution in [0, 0.1) is 0 Å². The van der Waals surface area contributed by atoms with E-state index in [2.05, 4.69) is 0 Å². The first-order valence-corrected chi connectivity index (χ1v) is 11.6. The van der Waals surface area contributed by atoms with Gasteiger partial charge in [0.1, 0.15) is 5.75 Å². The van der Waals surface area contributed by atoms with Crippen molar-refractivity contribution >= 4 is 22.9 Å². The van der Waals surface area contributed by atoms with Crippen molar-refractivity contribution in [3.63, 3.8) is 0 Å². The molecular formula is C25H25F3N2O2S. The Kier molecular flexibility index (Phi) is 7.05. The Hall–Kier alpha value is -2.84. The number of ether oxygens (including phenoxy) is 1. The van der Waals surface area contributed by atoms with E-state index in [9.17, 15) is 18.0 Å². The van der Waals surface area contributed by atoms with Crippen LogP contribution in [0.15, 0.2) is 66.0 Å². The normalized spacial score (nSPS) is 15.4. The first-order valence-electron chi connectivity index (χ1n) is 10.8. The van der Waals surface area contributed by atoms with Crippen LogP contribution in [0.25, 0.3) is 0 Å². The average molecular weight is 475 g/mol. The van der Waals surface area contributed by atoms with Crippen LogP contribution >= 0.6 is 11.3 Å².